The monoisotopic (exact) mass is 865 g/mol. The van der Waals surface area contributed by atoms with E-state index in [1.54, 1.807) is 0 Å². The summed E-state index contributed by atoms with van der Waals surface area (Å²) in [6.45, 7) is 0. The molecule has 0 spiro atoms. The molecule has 3 nitrogen and oxygen atoms in total. The SMILES string of the molecule is c1ccc(-c2ccc(-c3nc(-c4ccc(-c5ccccc5)cc4)nc(-c4ccccc4C4(c5ccccc5)c5ccccc5C5(c6ccccc6)c6ccccc6-c6cccc4c65)n3)cc2)cc1. The molecule has 0 N–H and O–H groups in total. The van der Waals surface area contributed by atoms with Gasteiger partial charge in [-0.2, -0.15) is 0 Å². The molecule has 0 saturated carbocycles. The Balaban J connectivity index is 1.09. The molecule has 11 aromatic rings. The van der Waals surface area contributed by atoms with Gasteiger partial charge in [0.1, 0.15) is 0 Å². The Kier molecular flexibility index (Phi) is 9.29. The van der Waals surface area contributed by atoms with E-state index >= 15 is 0 Å². The van der Waals surface area contributed by atoms with Gasteiger partial charge in [0, 0.05) is 16.7 Å². The van der Waals surface area contributed by atoms with Crippen LogP contribution < -0.4 is 0 Å². The summed E-state index contributed by atoms with van der Waals surface area (Å²) < 4.78 is 0. The molecule has 2 aliphatic rings. The third-order valence-electron chi connectivity index (χ3n) is 14.3. The number of hydrogen-bond acceptors (Lipinski definition) is 3. The smallest absolute Gasteiger partial charge is 0.164 e. The fraction of sp³-hybridized carbons (Fsp3) is 0.0308. The van der Waals surface area contributed by atoms with Crippen molar-refractivity contribution >= 4 is 0 Å². The minimum absolute atomic E-state index is 0.557. The number of fused-ring (bicyclic) bond motifs is 5. The molecule has 2 unspecified atom stereocenters. The lowest BCUT2D eigenvalue weighted by molar-refractivity contribution is 0.627. The van der Waals surface area contributed by atoms with Crippen LogP contribution in [0.4, 0.5) is 0 Å². The minimum Gasteiger partial charge on any atom is -0.208 e. The van der Waals surface area contributed by atoms with Gasteiger partial charge in [-0.15, -0.1) is 0 Å². The maximum atomic E-state index is 5.48. The Bertz CT molecular complexity index is 3540. The molecule has 0 bridgehead atoms. The van der Waals surface area contributed by atoms with E-state index in [2.05, 4.69) is 249 Å². The first-order valence-corrected chi connectivity index (χ1v) is 23.4. The highest BCUT2D eigenvalue weighted by atomic mass is 15.0. The molecule has 0 fully saturated rings. The van der Waals surface area contributed by atoms with Gasteiger partial charge < -0.3 is 0 Å². The summed E-state index contributed by atoms with van der Waals surface area (Å²) in [5.74, 6) is 1.84. The first-order valence-electron chi connectivity index (χ1n) is 23.4. The summed E-state index contributed by atoms with van der Waals surface area (Å²) in [7, 11) is 0. The Morgan fingerprint density at radius 1 is 0.206 bits per heavy atom. The number of benzene rings is 10. The molecule has 0 aliphatic heterocycles. The van der Waals surface area contributed by atoms with Crippen LogP contribution in [0.25, 0.3) is 67.5 Å². The molecule has 2 atom stereocenters. The van der Waals surface area contributed by atoms with Crippen LogP contribution in [0, 0.1) is 0 Å². The zero-order valence-electron chi connectivity index (χ0n) is 37.2. The summed E-state index contributed by atoms with van der Waals surface area (Å²) in [4.78, 5) is 16.2. The van der Waals surface area contributed by atoms with Crippen molar-refractivity contribution in [1.82, 2.24) is 15.0 Å². The van der Waals surface area contributed by atoms with Crippen molar-refractivity contribution < 1.29 is 0 Å². The first kappa shape index (κ1) is 39.6. The van der Waals surface area contributed by atoms with Crippen molar-refractivity contribution in [3.63, 3.8) is 0 Å². The zero-order chi connectivity index (χ0) is 45.1. The van der Waals surface area contributed by atoms with Gasteiger partial charge in [0.25, 0.3) is 0 Å². The summed E-state index contributed by atoms with van der Waals surface area (Å²) >= 11 is 0. The number of rotatable bonds is 8. The number of aromatic nitrogens is 3. The van der Waals surface area contributed by atoms with Gasteiger partial charge in [0.15, 0.2) is 17.5 Å². The summed E-state index contributed by atoms with van der Waals surface area (Å²) in [6.07, 6.45) is 0. The molecule has 0 saturated heterocycles. The van der Waals surface area contributed by atoms with E-state index in [0.29, 0.717) is 17.5 Å². The van der Waals surface area contributed by atoms with Crippen molar-refractivity contribution in [2.75, 3.05) is 0 Å². The molecule has 1 aromatic heterocycles. The normalized spacial score (nSPS) is 16.4. The van der Waals surface area contributed by atoms with Gasteiger partial charge in [-0.05, 0) is 77.9 Å². The molecule has 2 aliphatic carbocycles. The van der Waals surface area contributed by atoms with E-state index < -0.39 is 10.8 Å². The lowest BCUT2D eigenvalue weighted by Gasteiger charge is -2.50. The highest BCUT2D eigenvalue weighted by Crippen LogP contribution is 2.66. The van der Waals surface area contributed by atoms with Crippen LogP contribution in [0.1, 0.15) is 44.5 Å². The van der Waals surface area contributed by atoms with Gasteiger partial charge in [0.2, 0.25) is 0 Å². The molecule has 68 heavy (non-hydrogen) atoms. The maximum absolute atomic E-state index is 5.48. The minimum atomic E-state index is -0.790. The zero-order valence-corrected chi connectivity index (χ0v) is 37.2. The van der Waals surface area contributed by atoms with Gasteiger partial charge in [-0.1, -0.05) is 261 Å². The van der Waals surface area contributed by atoms with Crippen LogP contribution in [0.3, 0.4) is 0 Å². The molecule has 0 amide bonds. The quantitative estimate of drug-likeness (QED) is 0.153. The number of nitrogens with zero attached hydrogens (tertiary/aromatic N) is 3. The second kappa shape index (κ2) is 16.0. The van der Waals surface area contributed by atoms with Crippen molar-refractivity contribution in [2.45, 2.75) is 10.8 Å². The fourth-order valence-corrected chi connectivity index (χ4v) is 11.5. The predicted octanol–water partition coefficient (Wildman–Crippen LogP) is 15.3. The molecule has 10 aromatic carbocycles. The average Bonchev–Trinajstić information content (AvgIpc) is 3.74. The molecular weight excluding hydrogens is 823 g/mol. The van der Waals surface area contributed by atoms with Crippen LogP contribution >= 0.6 is 0 Å². The van der Waals surface area contributed by atoms with E-state index in [9.17, 15) is 0 Å². The Morgan fingerprint density at radius 2 is 0.544 bits per heavy atom. The van der Waals surface area contributed by atoms with E-state index in [-0.39, 0.29) is 0 Å². The summed E-state index contributed by atoms with van der Waals surface area (Å²) in [5, 5.41) is 0. The molecule has 318 valence electrons. The Labute approximate surface area is 396 Å². The van der Waals surface area contributed by atoms with E-state index in [4.69, 9.17) is 15.0 Å². The van der Waals surface area contributed by atoms with Crippen molar-refractivity contribution in [3.8, 4) is 67.5 Å². The average molecular weight is 866 g/mol. The van der Waals surface area contributed by atoms with Crippen molar-refractivity contribution in [3.05, 3.63) is 305 Å². The second-order valence-electron chi connectivity index (χ2n) is 17.8. The van der Waals surface area contributed by atoms with Crippen LogP contribution in [0.5, 0.6) is 0 Å². The van der Waals surface area contributed by atoms with E-state index in [1.165, 1.54) is 50.1 Å². The van der Waals surface area contributed by atoms with Crippen LogP contribution in [-0.2, 0) is 10.8 Å². The fourth-order valence-electron chi connectivity index (χ4n) is 11.5. The Hall–Kier alpha value is -8.79. The van der Waals surface area contributed by atoms with Crippen LogP contribution in [0.15, 0.2) is 261 Å². The first-order chi connectivity index (χ1) is 33.7. The predicted molar refractivity (Wildman–Crippen MR) is 276 cm³/mol. The summed E-state index contributed by atoms with van der Waals surface area (Å²) in [6, 6.07) is 94.3. The topological polar surface area (TPSA) is 38.7 Å². The maximum Gasteiger partial charge on any atom is 0.164 e. The van der Waals surface area contributed by atoms with Crippen LogP contribution in [-0.4, -0.2) is 15.0 Å². The molecule has 3 heteroatoms. The van der Waals surface area contributed by atoms with Gasteiger partial charge in [0.05, 0.1) is 10.8 Å². The van der Waals surface area contributed by atoms with Crippen molar-refractivity contribution in [1.29, 1.82) is 0 Å². The highest BCUT2D eigenvalue weighted by Gasteiger charge is 2.58. The van der Waals surface area contributed by atoms with Crippen molar-refractivity contribution in [2.24, 2.45) is 0 Å². The van der Waals surface area contributed by atoms with Gasteiger partial charge in [-0.25, -0.2) is 15.0 Å². The molecule has 0 radical (unpaired) electrons. The lowest BCUT2D eigenvalue weighted by atomic mass is 9.51. The Morgan fingerprint density at radius 3 is 1.07 bits per heavy atom. The molecular formula is C65H43N3. The van der Waals surface area contributed by atoms with Gasteiger partial charge in [-0.3, -0.25) is 0 Å². The highest BCUT2D eigenvalue weighted by molar-refractivity contribution is 5.92. The van der Waals surface area contributed by atoms with E-state index in [0.717, 1.165) is 44.5 Å². The summed E-state index contributed by atoms with van der Waals surface area (Å²) in [5.41, 5.74) is 18.4. The standard InChI is InChI=1S/C65H43N3/c1-5-20-44(21-6-1)46-36-40-48(41-37-46)61-66-62(49-42-38-47(39-43-49)45-22-7-2-8-23-45)68-63(67-61)54-29-14-16-32-56(54)64(50-24-9-3-10-25-50)57-33-17-18-34-58(57)65(51-26-11-4-12-27-51)55-31-15-13-28-52(55)53-30-19-35-59(64)60(53)65/h1-43H. The van der Waals surface area contributed by atoms with Crippen LogP contribution in [0.2, 0.25) is 0 Å². The molecule has 1 heterocycles. The van der Waals surface area contributed by atoms with E-state index in [1.807, 2.05) is 12.1 Å². The van der Waals surface area contributed by atoms with Gasteiger partial charge >= 0.3 is 0 Å². The lowest BCUT2D eigenvalue weighted by Crippen LogP contribution is -2.44. The molecule has 13 rings (SSSR count). The second-order valence-corrected chi connectivity index (χ2v) is 17.8. The largest absolute Gasteiger partial charge is 0.208 e. The third-order valence-corrected chi connectivity index (χ3v) is 14.3. The third kappa shape index (κ3) is 5.96. The number of hydrogen-bond donors (Lipinski definition) is 0.